The largest absolute Gasteiger partial charge is 0.288 e. The van der Waals surface area contributed by atoms with Crippen molar-refractivity contribution >= 4 is 12.0 Å². The molecule has 1 rings (SSSR count). The van der Waals surface area contributed by atoms with Crippen LogP contribution < -0.4 is 0 Å². The molecule has 1 aliphatic rings. The molecule has 0 aromatic heterocycles. The van der Waals surface area contributed by atoms with Crippen molar-refractivity contribution in [2.45, 2.75) is 27.7 Å². The van der Waals surface area contributed by atoms with Crippen LogP contribution in [-0.2, 0) is 4.79 Å². The predicted molar refractivity (Wildman–Crippen MR) is 50.2 cm³/mol. The third-order valence-corrected chi connectivity index (χ3v) is 1.99. The number of allylic oxidation sites excluding steroid dienone is 2. The van der Waals surface area contributed by atoms with E-state index < -0.39 is 0 Å². The van der Waals surface area contributed by atoms with Crippen LogP contribution in [-0.4, -0.2) is 12.0 Å². The Kier molecular flexibility index (Phi) is 2.46. The number of hydrogen-bond acceptors (Lipinski definition) is 2. The molecule has 0 saturated carbocycles. The Morgan fingerprint density at radius 3 is 2.08 bits per heavy atom. The molecule has 0 atom stereocenters. The highest BCUT2D eigenvalue weighted by Gasteiger charge is 2.23. The van der Waals surface area contributed by atoms with Gasteiger partial charge in [-0.1, -0.05) is 27.7 Å². The first-order valence-corrected chi connectivity index (χ1v) is 4.36. The van der Waals surface area contributed by atoms with Crippen LogP contribution in [0.2, 0.25) is 0 Å². The molecule has 0 spiro atoms. The number of Topliss-reactive ketones (excluding diaryl/α,β-unsaturated/α-hetero) is 1. The Hall–Kier alpha value is -0.920. The summed E-state index contributed by atoms with van der Waals surface area (Å²) in [4.78, 5) is 15.4. The van der Waals surface area contributed by atoms with Crippen LogP contribution in [0.5, 0.6) is 0 Å². The maximum absolute atomic E-state index is 11.3. The van der Waals surface area contributed by atoms with E-state index in [4.69, 9.17) is 0 Å². The summed E-state index contributed by atoms with van der Waals surface area (Å²) in [6.07, 6.45) is 1.44. The Labute approximate surface area is 73.4 Å². The van der Waals surface area contributed by atoms with Crippen LogP contribution in [0.15, 0.2) is 16.3 Å². The molecule has 1 heterocycles. The first-order valence-electron chi connectivity index (χ1n) is 4.36. The zero-order chi connectivity index (χ0) is 9.30. The van der Waals surface area contributed by atoms with Gasteiger partial charge in [-0.15, -0.1) is 0 Å². The van der Waals surface area contributed by atoms with Gasteiger partial charge in [-0.2, -0.15) is 0 Å². The van der Waals surface area contributed by atoms with Crippen molar-refractivity contribution in [2.75, 3.05) is 0 Å². The van der Waals surface area contributed by atoms with Gasteiger partial charge in [-0.25, -0.2) is 0 Å². The standard InChI is InChI=1S/C10H15NO/c1-6(2)9-8(12)5-11-10(9)7(3)4/h5-7H,1-4H3. The second-order valence-electron chi connectivity index (χ2n) is 3.73. The minimum absolute atomic E-state index is 0.0914. The number of nitrogens with zero attached hydrogens (tertiary/aromatic N) is 1. The van der Waals surface area contributed by atoms with Gasteiger partial charge in [0.2, 0.25) is 5.78 Å². The zero-order valence-electron chi connectivity index (χ0n) is 8.09. The monoisotopic (exact) mass is 165 g/mol. The molecule has 0 aliphatic carbocycles. The molecular formula is C10H15NO. The fraction of sp³-hybridized carbons (Fsp3) is 0.600. The first kappa shape index (κ1) is 9.17. The molecule has 0 radical (unpaired) electrons. The fourth-order valence-electron chi connectivity index (χ4n) is 1.43. The number of carbonyl (C=O) groups is 1. The molecule has 0 N–H and O–H groups in total. The molecule has 0 amide bonds. The van der Waals surface area contributed by atoms with E-state index in [0.717, 1.165) is 11.3 Å². The maximum Gasteiger partial charge on any atom is 0.202 e. The van der Waals surface area contributed by atoms with E-state index >= 15 is 0 Å². The quantitative estimate of drug-likeness (QED) is 0.616. The molecular weight excluding hydrogens is 150 g/mol. The van der Waals surface area contributed by atoms with E-state index in [2.05, 4.69) is 18.8 Å². The van der Waals surface area contributed by atoms with Gasteiger partial charge in [0.15, 0.2) is 0 Å². The van der Waals surface area contributed by atoms with E-state index in [1.54, 1.807) is 0 Å². The fourth-order valence-corrected chi connectivity index (χ4v) is 1.43. The topological polar surface area (TPSA) is 29.4 Å². The molecule has 0 aromatic rings. The number of carbonyl (C=O) groups excluding carboxylic acids is 1. The Balaban J connectivity index is 3.05. The third-order valence-electron chi connectivity index (χ3n) is 1.99. The van der Waals surface area contributed by atoms with Gasteiger partial charge in [0.05, 0.1) is 11.9 Å². The Morgan fingerprint density at radius 1 is 1.17 bits per heavy atom. The summed E-state index contributed by atoms with van der Waals surface area (Å²) in [5.74, 6) is 0.733. The maximum atomic E-state index is 11.3. The molecule has 0 fully saturated rings. The van der Waals surface area contributed by atoms with E-state index in [-0.39, 0.29) is 11.7 Å². The minimum atomic E-state index is 0.0914. The lowest BCUT2D eigenvalue weighted by atomic mass is 9.95. The smallest absolute Gasteiger partial charge is 0.202 e. The number of hydrogen-bond donors (Lipinski definition) is 0. The summed E-state index contributed by atoms with van der Waals surface area (Å²) in [6.45, 7) is 8.19. The van der Waals surface area contributed by atoms with Crippen molar-refractivity contribution in [2.24, 2.45) is 16.8 Å². The lowest BCUT2D eigenvalue weighted by molar-refractivity contribution is -0.109. The zero-order valence-corrected chi connectivity index (χ0v) is 8.09. The van der Waals surface area contributed by atoms with E-state index in [9.17, 15) is 4.79 Å². The van der Waals surface area contributed by atoms with Crippen molar-refractivity contribution in [3.8, 4) is 0 Å². The van der Waals surface area contributed by atoms with E-state index in [1.165, 1.54) is 6.21 Å². The summed E-state index contributed by atoms with van der Waals surface area (Å²) in [5, 5.41) is 0. The molecule has 2 heteroatoms. The van der Waals surface area contributed by atoms with Crippen LogP contribution in [0.25, 0.3) is 0 Å². The molecule has 66 valence electrons. The molecule has 0 aromatic carbocycles. The van der Waals surface area contributed by atoms with Crippen molar-refractivity contribution in [3.05, 3.63) is 11.3 Å². The molecule has 12 heavy (non-hydrogen) atoms. The normalized spacial score (nSPS) is 17.3. The summed E-state index contributed by atoms with van der Waals surface area (Å²) < 4.78 is 0. The van der Waals surface area contributed by atoms with Gasteiger partial charge in [0.25, 0.3) is 0 Å². The average molecular weight is 165 g/mol. The van der Waals surface area contributed by atoms with E-state index in [1.807, 2.05) is 13.8 Å². The highest BCUT2D eigenvalue weighted by atomic mass is 16.1. The Bertz CT molecular complexity index is 249. The summed E-state index contributed by atoms with van der Waals surface area (Å²) in [6, 6.07) is 0. The van der Waals surface area contributed by atoms with Crippen molar-refractivity contribution < 1.29 is 4.79 Å². The van der Waals surface area contributed by atoms with Crippen molar-refractivity contribution in [1.82, 2.24) is 0 Å². The molecule has 0 unspecified atom stereocenters. The first-order chi connectivity index (χ1) is 5.54. The van der Waals surface area contributed by atoms with Gasteiger partial charge in [-0.3, -0.25) is 9.79 Å². The van der Waals surface area contributed by atoms with Gasteiger partial charge in [0, 0.05) is 5.57 Å². The lowest BCUT2D eigenvalue weighted by Crippen LogP contribution is -2.08. The van der Waals surface area contributed by atoms with E-state index in [0.29, 0.717) is 5.92 Å². The summed E-state index contributed by atoms with van der Waals surface area (Å²) in [5.41, 5.74) is 1.86. The highest BCUT2D eigenvalue weighted by Crippen LogP contribution is 2.26. The number of aliphatic imine (C=N–C) groups is 1. The number of rotatable bonds is 2. The van der Waals surface area contributed by atoms with Crippen LogP contribution in [0.3, 0.4) is 0 Å². The molecule has 0 bridgehead atoms. The molecule has 2 nitrogen and oxygen atoms in total. The third kappa shape index (κ3) is 1.47. The SMILES string of the molecule is CC(C)C1=C(C(C)C)C(=O)C=N1. The minimum Gasteiger partial charge on any atom is -0.288 e. The van der Waals surface area contributed by atoms with Crippen LogP contribution in [0.1, 0.15) is 27.7 Å². The summed E-state index contributed by atoms with van der Waals surface area (Å²) >= 11 is 0. The van der Waals surface area contributed by atoms with Gasteiger partial charge in [0.1, 0.15) is 0 Å². The summed E-state index contributed by atoms with van der Waals surface area (Å²) in [7, 11) is 0. The lowest BCUT2D eigenvalue weighted by Gasteiger charge is -2.10. The second kappa shape index (κ2) is 3.21. The highest BCUT2D eigenvalue weighted by molar-refractivity contribution is 6.37. The Morgan fingerprint density at radius 2 is 1.75 bits per heavy atom. The van der Waals surface area contributed by atoms with Crippen LogP contribution in [0, 0.1) is 11.8 Å². The molecule has 0 saturated heterocycles. The number of ketones is 1. The van der Waals surface area contributed by atoms with Crippen molar-refractivity contribution in [1.29, 1.82) is 0 Å². The van der Waals surface area contributed by atoms with Crippen LogP contribution in [0.4, 0.5) is 0 Å². The average Bonchev–Trinajstić information content (AvgIpc) is 2.30. The van der Waals surface area contributed by atoms with Gasteiger partial charge in [-0.05, 0) is 11.8 Å². The second-order valence-corrected chi connectivity index (χ2v) is 3.73. The predicted octanol–water partition coefficient (Wildman–Crippen LogP) is 2.21. The molecule has 1 aliphatic heterocycles. The van der Waals surface area contributed by atoms with Crippen LogP contribution >= 0.6 is 0 Å². The van der Waals surface area contributed by atoms with Crippen molar-refractivity contribution in [3.63, 3.8) is 0 Å². The van der Waals surface area contributed by atoms with Gasteiger partial charge < -0.3 is 0 Å². The van der Waals surface area contributed by atoms with Gasteiger partial charge >= 0.3 is 0 Å².